The van der Waals surface area contributed by atoms with Gasteiger partial charge >= 0.3 is 0 Å². The number of anilines is 1. The Morgan fingerprint density at radius 2 is 1.71 bits per heavy atom. The second kappa shape index (κ2) is 5.90. The Kier molecular flexibility index (Phi) is 3.98. The van der Waals surface area contributed by atoms with E-state index in [2.05, 4.69) is 67.3 Å². The van der Waals surface area contributed by atoms with E-state index >= 15 is 0 Å². The third kappa shape index (κ3) is 3.27. The van der Waals surface area contributed by atoms with E-state index in [0.717, 1.165) is 19.5 Å². The molecule has 2 atom stereocenters. The number of nitrogens with zero attached hydrogens (tertiary/aromatic N) is 1. The fourth-order valence-electron chi connectivity index (χ4n) is 3.27. The first kappa shape index (κ1) is 14.2. The number of aryl methyl sites for hydroxylation is 2. The molecule has 0 saturated carbocycles. The van der Waals surface area contributed by atoms with Gasteiger partial charge in [0.1, 0.15) is 0 Å². The van der Waals surface area contributed by atoms with E-state index in [-0.39, 0.29) is 6.04 Å². The van der Waals surface area contributed by atoms with Gasteiger partial charge in [0.15, 0.2) is 0 Å². The zero-order valence-corrected chi connectivity index (χ0v) is 12.9. The van der Waals surface area contributed by atoms with Crippen molar-refractivity contribution in [1.29, 1.82) is 0 Å². The van der Waals surface area contributed by atoms with Gasteiger partial charge in [-0.1, -0.05) is 47.5 Å². The summed E-state index contributed by atoms with van der Waals surface area (Å²) < 4.78 is 0. The zero-order chi connectivity index (χ0) is 14.8. The maximum absolute atomic E-state index is 6.32. The van der Waals surface area contributed by atoms with Crippen LogP contribution in [0.1, 0.15) is 29.0 Å². The van der Waals surface area contributed by atoms with Gasteiger partial charge in [-0.3, -0.25) is 0 Å². The molecule has 1 aliphatic heterocycles. The maximum atomic E-state index is 6.32. The summed E-state index contributed by atoms with van der Waals surface area (Å²) in [4.78, 5) is 2.43. The first-order valence-corrected chi connectivity index (χ1v) is 7.75. The first-order chi connectivity index (χ1) is 10.1. The van der Waals surface area contributed by atoms with E-state index in [1.165, 1.54) is 22.4 Å². The molecule has 1 heterocycles. The number of piperidine rings is 1. The molecular weight excluding hydrogens is 256 g/mol. The quantitative estimate of drug-likeness (QED) is 0.910. The van der Waals surface area contributed by atoms with Gasteiger partial charge in [0.05, 0.1) is 0 Å². The number of hydrogen-bond donors (Lipinski definition) is 1. The van der Waals surface area contributed by atoms with Gasteiger partial charge in [-0.2, -0.15) is 0 Å². The summed E-state index contributed by atoms with van der Waals surface area (Å²) in [6.45, 7) is 6.29. The second-order valence-electron chi connectivity index (χ2n) is 6.35. The van der Waals surface area contributed by atoms with Crippen molar-refractivity contribution in [3.05, 3.63) is 65.2 Å². The molecule has 2 N–H and O–H groups in total. The molecular formula is C19H24N2. The minimum atomic E-state index is 0.241. The SMILES string of the molecule is Cc1ccc(N2CC(N)CC(c3cccc(C)c3)C2)cc1. The lowest BCUT2D eigenvalue weighted by Crippen LogP contribution is -2.46. The van der Waals surface area contributed by atoms with Crippen LogP contribution in [0, 0.1) is 13.8 Å². The van der Waals surface area contributed by atoms with Crippen molar-refractivity contribution in [2.24, 2.45) is 5.73 Å². The van der Waals surface area contributed by atoms with Crippen molar-refractivity contribution in [2.45, 2.75) is 32.2 Å². The lowest BCUT2D eigenvalue weighted by atomic mass is 9.87. The average molecular weight is 280 g/mol. The van der Waals surface area contributed by atoms with Crippen LogP contribution in [0.3, 0.4) is 0 Å². The number of rotatable bonds is 2. The molecule has 0 bridgehead atoms. The van der Waals surface area contributed by atoms with E-state index < -0.39 is 0 Å². The van der Waals surface area contributed by atoms with Crippen LogP contribution >= 0.6 is 0 Å². The molecule has 21 heavy (non-hydrogen) atoms. The molecule has 1 aliphatic rings. The predicted octanol–water partition coefficient (Wildman–Crippen LogP) is 3.62. The molecule has 1 fully saturated rings. The third-order valence-corrected chi connectivity index (χ3v) is 4.40. The summed E-state index contributed by atoms with van der Waals surface area (Å²) in [6, 6.07) is 17.9. The fourth-order valence-corrected chi connectivity index (χ4v) is 3.27. The van der Waals surface area contributed by atoms with E-state index in [1.54, 1.807) is 0 Å². The third-order valence-electron chi connectivity index (χ3n) is 4.40. The van der Waals surface area contributed by atoms with Gasteiger partial charge in [-0.05, 0) is 38.0 Å². The summed E-state index contributed by atoms with van der Waals surface area (Å²) in [5.74, 6) is 0.523. The average Bonchev–Trinajstić information content (AvgIpc) is 2.47. The Bertz CT molecular complexity index is 603. The van der Waals surface area contributed by atoms with E-state index in [9.17, 15) is 0 Å². The van der Waals surface area contributed by atoms with E-state index in [4.69, 9.17) is 5.73 Å². The molecule has 2 nitrogen and oxygen atoms in total. The molecule has 0 amide bonds. The fraction of sp³-hybridized carbons (Fsp3) is 0.368. The Labute approximate surface area is 127 Å². The highest BCUT2D eigenvalue weighted by Crippen LogP contribution is 2.30. The number of hydrogen-bond acceptors (Lipinski definition) is 2. The van der Waals surface area contributed by atoms with Gasteiger partial charge in [0, 0.05) is 30.7 Å². The normalized spacial score (nSPS) is 22.3. The molecule has 2 aromatic rings. The molecule has 0 aromatic heterocycles. The Morgan fingerprint density at radius 1 is 0.952 bits per heavy atom. The van der Waals surface area contributed by atoms with Crippen molar-refractivity contribution in [3.63, 3.8) is 0 Å². The summed E-state index contributed by atoms with van der Waals surface area (Å²) >= 11 is 0. The standard InChI is InChI=1S/C19H24N2/c1-14-6-8-19(9-7-14)21-12-17(11-18(20)13-21)16-5-3-4-15(2)10-16/h3-10,17-18H,11-13,20H2,1-2H3. The van der Waals surface area contributed by atoms with Gasteiger partial charge in [-0.15, -0.1) is 0 Å². The molecule has 110 valence electrons. The summed E-state index contributed by atoms with van der Waals surface area (Å²) in [5, 5.41) is 0. The molecule has 0 aliphatic carbocycles. The molecule has 2 heteroatoms. The predicted molar refractivity (Wildman–Crippen MR) is 89.9 cm³/mol. The molecule has 2 aromatic carbocycles. The lowest BCUT2D eigenvalue weighted by molar-refractivity contribution is 0.454. The van der Waals surface area contributed by atoms with Crippen LogP contribution in [0.4, 0.5) is 5.69 Å². The zero-order valence-electron chi connectivity index (χ0n) is 12.9. The van der Waals surface area contributed by atoms with Gasteiger partial charge < -0.3 is 10.6 Å². The van der Waals surface area contributed by atoms with E-state index in [0.29, 0.717) is 5.92 Å². The lowest BCUT2D eigenvalue weighted by Gasteiger charge is -2.38. The van der Waals surface area contributed by atoms with Crippen molar-refractivity contribution >= 4 is 5.69 Å². The van der Waals surface area contributed by atoms with Crippen LogP contribution in [-0.4, -0.2) is 19.1 Å². The Hall–Kier alpha value is -1.80. The first-order valence-electron chi connectivity index (χ1n) is 7.75. The molecule has 0 spiro atoms. The largest absolute Gasteiger partial charge is 0.369 e. The minimum absolute atomic E-state index is 0.241. The van der Waals surface area contributed by atoms with Crippen molar-refractivity contribution in [2.75, 3.05) is 18.0 Å². The Morgan fingerprint density at radius 3 is 2.43 bits per heavy atom. The van der Waals surface area contributed by atoms with Crippen molar-refractivity contribution in [1.82, 2.24) is 0 Å². The highest BCUT2D eigenvalue weighted by atomic mass is 15.2. The number of benzene rings is 2. The van der Waals surface area contributed by atoms with Crippen LogP contribution < -0.4 is 10.6 Å². The van der Waals surface area contributed by atoms with Gasteiger partial charge in [-0.25, -0.2) is 0 Å². The van der Waals surface area contributed by atoms with Crippen molar-refractivity contribution < 1.29 is 0 Å². The van der Waals surface area contributed by atoms with Crippen molar-refractivity contribution in [3.8, 4) is 0 Å². The van der Waals surface area contributed by atoms with Crippen LogP contribution in [0.25, 0.3) is 0 Å². The van der Waals surface area contributed by atoms with Gasteiger partial charge in [0.2, 0.25) is 0 Å². The van der Waals surface area contributed by atoms with Crippen LogP contribution in [-0.2, 0) is 0 Å². The minimum Gasteiger partial charge on any atom is -0.369 e. The molecule has 3 rings (SSSR count). The summed E-state index contributed by atoms with van der Waals surface area (Å²) in [5.41, 5.74) is 11.6. The summed E-state index contributed by atoms with van der Waals surface area (Å²) in [7, 11) is 0. The highest BCUT2D eigenvalue weighted by Gasteiger charge is 2.26. The van der Waals surface area contributed by atoms with Gasteiger partial charge in [0.25, 0.3) is 0 Å². The summed E-state index contributed by atoms with van der Waals surface area (Å²) in [6.07, 6.45) is 1.08. The maximum Gasteiger partial charge on any atom is 0.0367 e. The molecule has 0 radical (unpaired) electrons. The number of nitrogens with two attached hydrogens (primary N) is 1. The highest BCUT2D eigenvalue weighted by molar-refractivity contribution is 5.49. The van der Waals surface area contributed by atoms with Crippen LogP contribution in [0.15, 0.2) is 48.5 Å². The molecule has 2 unspecified atom stereocenters. The smallest absolute Gasteiger partial charge is 0.0367 e. The topological polar surface area (TPSA) is 29.3 Å². The van der Waals surface area contributed by atoms with E-state index in [1.807, 2.05) is 0 Å². The Balaban J connectivity index is 1.83. The monoisotopic (exact) mass is 280 g/mol. The van der Waals surface area contributed by atoms with Crippen LogP contribution in [0.2, 0.25) is 0 Å². The van der Waals surface area contributed by atoms with Crippen LogP contribution in [0.5, 0.6) is 0 Å². The second-order valence-corrected chi connectivity index (χ2v) is 6.35. The molecule has 1 saturated heterocycles.